The van der Waals surface area contributed by atoms with E-state index in [1.54, 1.807) is 0 Å². The Balaban J connectivity index is 0.000000678. The molecule has 11 heteroatoms. The topological polar surface area (TPSA) is 166 Å². The third-order valence-corrected chi connectivity index (χ3v) is 6.75. The van der Waals surface area contributed by atoms with E-state index in [1.807, 2.05) is 0 Å². The summed E-state index contributed by atoms with van der Waals surface area (Å²) in [4.78, 5) is 0. The molecule has 0 spiro atoms. The molecule has 37 heavy (non-hydrogen) atoms. The summed E-state index contributed by atoms with van der Waals surface area (Å²) in [6.07, 6.45) is 0. The summed E-state index contributed by atoms with van der Waals surface area (Å²) in [6.45, 7) is 8.17. The van der Waals surface area contributed by atoms with E-state index in [4.69, 9.17) is 28.7 Å². The van der Waals surface area contributed by atoms with Gasteiger partial charge in [0.1, 0.15) is 0 Å². The van der Waals surface area contributed by atoms with Crippen LogP contribution in [0.2, 0.25) is 0 Å². The van der Waals surface area contributed by atoms with Crippen LogP contribution >= 0.6 is 47.8 Å². The molecule has 8 nitrogen and oxygen atoms in total. The van der Waals surface area contributed by atoms with Crippen LogP contribution < -0.4 is 44.6 Å². The minimum absolute atomic E-state index is 0.597. The van der Waals surface area contributed by atoms with Crippen LogP contribution in [0.15, 0.2) is 36.4 Å². The summed E-state index contributed by atoms with van der Waals surface area (Å²) in [5.74, 6) is 0. The largest absolute Gasteiger partial charge is 0.329 e. The van der Waals surface area contributed by atoms with Gasteiger partial charge in [-0.3, -0.25) is 0 Å². The lowest BCUT2D eigenvalue weighted by molar-refractivity contribution is 0.672. The SMILES string of the molecule is BrCc1cc(CBr)cc(CBr)c1.NCCN.NCCNCc1cc(CNCCN)cc(CNCCN)c1. The molecule has 0 saturated heterocycles. The maximum Gasteiger partial charge on any atom is 0.0283 e. The van der Waals surface area contributed by atoms with E-state index in [-0.39, 0.29) is 0 Å². The van der Waals surface area contributed by atoms with Crippen LogP contribution in [0.5, 0.6) is 0 Å². The lowest BCUT2D eigenvalue weighted by Crippen LogP contribution is -2.24. The van der Waals surface area contributed by atoms with Crippen molar-refractivity contribution in [3.8, 4) is 0 Å². The molecule has 0 aliphatic carbocycles. The van der Waals surface area contributed by atoms with Crippen LogP contribution in [0.1, 0.15) is 33.4 Å². The molecular formula is C26H47Br3N8. The Bertz CT molecular complexity index is 685. The minimum Gasteiger partial charge on any atom is -0.329 e. The Morgan fingerprint density at radius 2 is 0.649 bits per heavy atom. The molecule has 13 N–H and O–H groups in total. The van der Waals surface area contributed by atoms with Gasteiger partial charge >= 0.3 is 0 Å². The molecule has 0 amide bonds. The van der Waals surface area contributed by atoms with Crippen molar-refractivity contribution in [2.24, 2.45) is 28.7 Å². The van der Waals surface area contributed by atoms with Crippen LogP contribution in [-0.2, 0) is 35.6 Å². The number of benzene rings is 2. The number of nitrogens with two attached hydrogens (primary N) is 5. The van der Waals surface area contributed by atoms with Crippen molar-refractivity contribution in [2.75, 3.05) is 52.4 Å². The molecule has 0 bridgehead atoms. The van der Waals surface area contributed by atoms with Crippen molar-refractivity contribution in [3.63, 3.8) is 0 Å². The number of rotatable bonds is 16. The fraction of sp³-hybridized carbons (Fsp3) is 0.538. The molecule has 2 aromatic rings. The minimum atomic E-state index is 0.597. The molecule has 0 atom stereocenters. The summed E-state index contributed by atoms with van der Waals surface area (Å²) in [5, 5.41) is 12.8. The average molecular weight is 711 g/mol. The molecule has 2 rings (SSSR count). The Hall–Kier alpha value is -0.440. The van der Waals surface area contributed by atoms with Crippen LogP contribution in [0.3, 0.4) is 0 Å². The van der Waals surface area contributed by atoms with Crippen LogP contribution in [0.25, 0.3) is 0 Å². The van der Waals surface area contributed by atoms with Crippen molar-refractivity contribution in [3.05, 3.63) is 69.8 Å². The Morgan fingerprint density at radius 3 is 0.838 bits per heavy atom. The van der Waals surface area contributed by atoms with Gasteiger partial charge in [0.05, 0.1) is 0 Å². The van der Waals surface area contributed by atoms with Crippen molar-refractivity contribution in [2.45, 2.75) is 35.6 Å². The van der Waals surface area contributed by atoms with Crippen molar-refractivity contribution >= 4 is 47.8 Å². The Kier molecular flexibility index (Phi) is 25.5. The molecule has 2 aromatic carbocycles. The number of hydrogen-bond acceptors (Lipinski definition) is 8. The van der Waals surface area contributed by atoms with Gasteiger partial charge in [-0.05, 0) is 33.4 Å². The summed E-state index contributed by atoms with van der Waals surface area (Å²) in [6, 6.07) is 13.3. The number of nitrogens with one attached hydrogen (secondary N) is 3. The summed E-state index contributed by atoms with van der Waals surface area (Å²) in [7, 11) is 0. The first kappa shape index (κ1) is 36.6. The second kappa shape index (κ2) is 25.8. The highest BCUT2D eigenvalue weighted by molar-refractivity contribution is 9.09. The lowest BCUT2D eigenvalue weighted by atomic mass is 10.0. The maximum absolute atomic E-state index is 5.51. The highest BCUT2D eigenvalue weighted by Crippen LogP contribution is 2.17. The third-order valence-electron chi connectivity index (χ3n) is 4.81. The summed E-state index contributed by atoms with van der Waals surface area (Å²) >= 11 is 10.4. The van der Waals surface area contributed by atoms with Crippen molar-refractivity contribution in [1.29, 1.82) is 0 Å². The molecule has 212 valence electrons. The van der Waals surface area contributed by atoms with E-state index in [9.17, 15) is 0 Å². The van der Waals surface area contributed by atoms with Gasteiger partial charge in [-0.15, -0.1) is 0 Å². The molecular weight excluding hydrogens is 664 g/mol. The molecule has 0 aromatic heterocycles. The molecule has 0 unspecified atom stereocenters. The summed E-state index contributed by atoms with van der Waals surface area (Å²) < 4.78 is 0. The Morgan fingerprint density at radius 1 is 0.405 bits per heavy atom. The standard InChI is InChI=1S/C15H30N6.C9H9Br3.C2H8N2/c16-1-4-19-10-13-7-14(11-20-5-2-17)9-15(8-13)12-21-6-3-18;10-4-7-1-8(5-11)3-9(2-7)6-12;3-1-2-4/h7-9,19-21H,1-6,10-12,16-18H2;1-3H,4-6H2;1-4H2. The van der Waals surface area contributed by atoms with E-state index in [1.165, 1.54) is 33.4 Å². The number of hydrogen-bond donors (Lipinski definition) is 8. The van der Waals surface area contributed by atoms with E-state index < -0.39 is 0 Å². The van der Waals surface area contributed by atoms with Crippen LogP contribution in [0, 0.1) is 0 Å². The smallest absolute Gasteiger partial charge is 0.0283 e. The fourth-order valence-electron chi connectivity index (χ4n) is 3.22. The van der Waals surface area contributed by atoms with E-state index in [2.05, 4.69) is 100 Å². The molecule has 0 aliphatic rings. The Labute approximate surface area is 249 Å². The van der Waals surface area contributed by atoms with Gasteiger partial charge in [-0.25, -0.2) is 0 Å². The number of halogens is 3. The number of alkyl halides is 3. The maximum atomic E-state index is 5.51. The first-order valence-corrected chi connectivity index (χ1v) is 15.9. The normalized spacial score (nSPS) is 10.4. The zero-order chi connectivity index (χ0) is 27.7. The fourth-order valence-corrected chi connectivity index (χ4v) is 4.19. The van der Waals surface area contributed by atoms with Crippen molar-refractivity contribution < 1.29 is 0 Å². The zero-order valence-electron chi connectivity index (χ0n) is 21.9. The second-order valence-corrected chi connectivity index (χ2v) is 9.87. The monoisotopic (exact) mass is 708 g/mol. The molecule has 0 radical (unpaired) electrons. The van der Waals surface area contributed by atoms with Gasteiger partial charge in [-0.1, -0.05) is 84.2 Å². The zero-order valence-corrected chi connectivity index (χ0v) is 26.6. The molecule has 0 saturated carbocycles. The van der Waals surface area contributed by atoms with Gasteiger partial charge in [0.25, 0.3) is 0 Å². The predicted octanol–water partition coefficient (Wildman–Crippen LogP) is 2.11. The van der Waals surface area contributed by atoms with Crippen molar-refractivity contribution in [1.82, 2.24) is 16.0 Å². The van der Waals surface area contributed by atoms with Gasteiger partial charge in [0.2, 0.25) is 0 Å². The van der Waals surface area contributed by atoms with Crippen LogP contribution in [0.4, 0.5) is 0 Å². The molecule has 0 fully saturated rings. The van der Waals surface area contributed by atoms with Gasteiger partial charge in [0, 0.05) is 88.0 Å². The van der Waals surface area contributed by atoms with Gasteiger partial charge in [0.15, 0.2) is 0 Å². The van der Waals surface area contributed by atoms with Crippen LogP contribution in [-0.4, -0.2) is 52.4 Å². The quantitative estimate of drug-likeness (QED) is 0.0970. The molecule has 0 heterocycles. The second-order valence-electron chi connectivity index (χ2n) is 8.19. The highest BCUT2D eigenvalue weighted by atomic mass is 79.9. The third kappa shape index (κ3) is 19.3. The van der Waals surface area contributed by atoms with Gasteiger partial charge < -0.3 is 44.6 Å². The lowest BCUT2D eigenvalue weighted by Gasteiger charge is -2.12. The van der Waals surface area contributed by atoms with E-state index in [0.717, 1.165) is 55.3 Å². The van der Waals surface area contributed by atoms with E-state index >= 15 is 0 Å². The first-order valence-electron chi connectivity index (χ1n) is 12.5. The average Bonchev–Trinajstić information content (AvgIpc) is 2.93. The summed E-state index contributed by atoms with van der Waals surface area (Å²) in [5.41, 5.74) is 34.2. The highest BCUT2D eigenvalue weighted by Gasteiger charge is 2.02. The predicted molar refractivity (Wildman–Crippen MR) is 171 cm³/mol. The van der Waals surface area contributed by atoms with E-state index in [0.29, 0.717) is 32.7 Å². The first-order chi connectivity index (χ1) is 18.0. The molecule has 0 aliphatic heterocycles. The van der Waals surface area contributed by atoms with Gasteiger partial charge in [-0.2, -0.15) is 0 Å².